The van der Waals surface area contributed by atoms with E-state index in [2.05, 4.69) is 15.0 Å². The Balaban J connectivity index is 1.43. The molecular weight excluding hydrogens is 444 g/mol. The van der Waals surface area contributed by atoms with Gasteiger partial charge in [-0.25, -0.2) is 18.1 Å². The van der Waals surface area contributed by atoms with Crippen LogP contribution in [0.15, 0.2) is 71.2 Å². The van der Waals surface area contributed by atoms with Crippen LogP contribution in [-0.4, -0.2) is 23.7 Å². The maximum Gasteiger partial charge on any atom is 0.251 e. The van der Waals surface area contributed by atoms with Crippen molar-refractivity contribution in [1.29, 1.82) is 0 Å². The predicted octanol–water partition coefficient (Wildman–Crippen LogP) is 3.46. The lowest BCUT2D eigenvalue weighted by Gasteiger charge is -2.08. The number of imidazole rings is 1. The van der Waals surface area contributed by atoms with Crippen LogP contribution in [0.2, 0.25) is 5.02 Å². The van der Waals surface area contributed by atoms with Crippen LogP contribution in [0.1, 0.15) is 20.9 Å². The van der Waals surface area contributed by atoms with Gasteiger partial charge in [0.05, 0.1) is 22.2 Å². The van der Waals surface area contributed by atoms with Crippen LogP contribution >= 0.6 is 22.9 Å². The maximum absolute atomic E-state index is 12.5. The molecule has 1 amide bonds. The lowest BCUT2D eigenvalue weighted by molar-refractivity contribution is 0.0950. The molecule has 10 heteroatoms. The first-order valence-corrected chi connectivity index (χ1v) is 11.7. The van der Waals surface area contributed by atoms with Gasteiger partial charge in [-0.2, -0.15) is 0 Å². The van der Waals surface area contributed by atoms with Crippen molar-refractivity contribution in [3.8, 4) is 0 Å². The number of carbonyl (C=O) groups is 1. The number of aromatic nitrogens is 2. The van der Waals surface area contributed by atoms with E-state index in [9.17, 15) is 13.2 Å². The van der Waals surface area contributed by atoms with E-state index in [-0.39, 0.29) is 29.5 Å². The zero-order valence-electron chi connectivity index (χ0n) is 15.6. The third kappa shape index (κ3) is 4.71. The van der Waals surface area contributed by atoms with Gasteiger partial charge in [0.15, 0.2) is 0 Å². The fourth-order valence-electron chi connectivity index (χ4n) is 2.84. The van der Waals surface area contributed by atoms with Crippen molar-refractivity contribution in [3.63, 3.8) is 0 Å². The van der Waals surface area contributed by atoms with Crippen LogP contribution < -0.4 is 10.0 Å². The number of halogens is 1. The van der Waals surface area contributed by atoms with E-state index in [1.165, 1.54) is 23.5 Å². The molecule has 154 valence electrons. The van der Waals surface area contributed by atoms with Gasteiger partial charge in [-0.05, 0) is 41.8 Å². The molecule has 0 fully saturated rings. The quantitative estimate of drug-likeness (QED) is 0.441. The average Bonchev–Trinajstić information content (AvgIpc) is 3.40. The fraction of sp³-hybridized carbons (Fsp3) is 0.100. The second kappa shape index (κ2) is 8.57. The SMILES string of the molecule is O=C(NCc1cn2cc(Cl)ccc2n1)c1cccc(S(=O)(=O)NCc2cccs2)c1. The van der Waals surface area contributed by atoms with Gasteiger partial charge in [-0.3, -0.25) is 4.79 Å². The molecule has 0 saturated carbocycles. The monoisotopic (exact) mass is 460 g/mol. The Morgan fingerprint density at radius 2 is 1.97 bits per heavy atom. The van der Waals surface area contributed by atoms with Crippen LogP contribution in [-0.2, 0) is 23.1 Å². The van der Waals surface area contributed by atoms with Crippen molar-refractivity contribution in [2.45, 2.75) is 18.0 Å². The van der Waals surface area contributed by atoms with E-state index in [4.69, 9.17) is 11.6 Å². The van der Waals surface area contributed by atoms with E-state index in [0.717, 1.165) is 4.88 Å². The molecule has 0 saturated heterocycles. The molecule has 3 heterocycles. The highest BCUT2D eigenvalue weighted by Gasteiger charge is 2.16. The first kappa shape index (κ1) is 20.5. The summed E-state index contributed by atoms with van der Waals surface area (Å²) in [6.07, 6.45) is 3.50. The molecule has 7 nitrogen and oxygen atoms in total. The topological polar surface area (TPSA) is 92.6 Å². The van der Waals surface area contributed by atoms with E-state index in [1.54, 1.807) is 41.1 Å². The molecule has 3 aromatic heterocycles. The predicted molar refractivity (Wildman–Crippen MR) is 116 cm³/mol. The van der Waals surface area contributed by atoms with Crippen LogP contribution in [0, 0.1) is 0 Å². The summed E-state index contributed by atoms with van der Waals surface area (Å²) in [5.41, 5.74) is 1.63. The molecule has 0 atom stereocenters. The van der Waals surface area contributed by atoms with Crippen LogP contribution in [0.4, 0.5) is 0 Å². The number of amides is 1. The molecule has 0 aliphatic rings. The highest BCUT2D eigenvalue weighted by molar-refractivity contribution is 7.89. The molecule has 2 N–H and O–H groups in total. The van der Waals surface area contributed by atoms with Crippen molar-refractivity contribution in [2.24, 2.45) is 0 Å². The van der Waals surface area contributed by atoms with Gasteiger partial charge in [-0.1, -0.05) is 23.7 Å². The normalized spacial score (nSPS) is 11.6. The van der Waals surface area contributed by atoms with Crippen molar-refractivity contribution < 1.29 is 13.2 Å². The smallest absolute Gasteiger partial charge is 0.251 e. The second-order valence-electron chi connectivity index (χ2n) is 6.46. The second-order valence-corrected chi connectivity index (χ2v) is 9.70. The number of nitrogens with zero attached hydrogens (tertiary/aromatic N) is 2. The number of rotatable bonds is 7. The molecular formula is C20H17ClN4O3S2. The average molecular weight is 461 g/mol. The van der Waals surface area contributed by atoms with Crippen LogP contribution in [0.25, 0.3) is 5.65 Å². The minimum Gasteiger partial charge on any atom is -0.346 e. The third-order valence-electron chi connectivity index (χ3n) is 4.32. The lowest BCUT2D eigenvalue weighted by atomic mass is 10.2. The molecule has 0 aliphatic carbocycles. The van der Waals surface area contributed by atoms with Crippen molar-refractivity contribution in [2.75, 3.05) is 0 Å². The van der Waals surface area contributed by atoms with Crippen LogP contribution in [0.3, 0.4) is 0 Å². The first-order chi connectivity index (χ1) is 14.4. The van der Waals surface area contributed by atoms with Gasteiger partial charge in [0.1, 0.15) is 5.65 Å². The Bertz CT molecular complexity index is 1300. The van der Waals surface area contributed by atoms with Crippen LogP contribution in [0.5, 0.6) is 0 Å². The number of hydrogen-bond acceptors (Lipinski definition) is 5. The molecule has 4 aromatic rings. The summed E-state index contributed by atoms with van der Waals surface area (Å²) >= 11 is 7.43. The number of nitrogens with one attached hydrogen (secondary N) is 2. The molecule has 0 aliphatic heterocycles. The number of fused-ring (bicyclic) bond motifs is 1. The van der Waals surface area contributed by atoms with Crippen molar-refractivity contribution in [3.05, 3.63) is 87.5 Å². The van der Waals surface area contributed by atoms with Crippen molar-refractivity contribution >= 4 is 44.5 Å². The molecule has 0 unspecified atom stereocenters. The van der Waals surface area contributed by atoms with Gasteiger partial charge in [0.25, 0.3) is 5.91 Å². The Morgan fingerprint density at radius 1 is 1.10 bits per heavy atom. The summed E-state index contributed by atoms with van der Waals surface area (Å²) in [6.45, 7) is 0.403. The Morgan fingerprint density at radius 3 is 2.77 bits per heavy atom. The summed E-state index contributed by atoms with van der Waals surface area (Å²) in [7, 11) is -3.73. The Kier molecular flexibility index (Phi) is 5.87. The first-order valence-electron chi connectivity index (χ1n) is 8.94. The zero-order chi connectivity index (χ0) is 21.1. The van der Waals surface area contributed by atoms with Gasteiger partial charge in [-0.15, -0.1) is 11.3 Å². The molecule has 0 bridgehead atoms. The summed E-state index contributed by atoms with van der Waals surface area (Å²) in [6, 6.07) is 13.2. The zero-order valence-corrected chi connectivity index (χ0v) is 18.0. The van der Waals surface area contributed by atoms with Gasteiger partial charge >= 0.3 is 0 Å². The van der Waals surface area contributed by atoms with Gasteiger partial charge in [0.2, 0.25) is 10.0 Å². The van der Waals surface area contributed by atoms with E-state index < -0.39 is 10.0 Å². The van der Waals surface area contributed by atoms with Crippen molar-refractivity contribution in [1.82, 2.24) is 19.4 Å². The van der Waals surface area contributed by atoms with E-state index in [0.29, 0.717) is 16.4 Å². The molecule has 0 spiro atoms. The summed E-state index contributed by atoms with van der Waals surface area (Å²) in [4.78, 5) is 17.9. The summed E-state index contributed by atoms with van der Waals surface area (Å²) in [5.74, 6) is -0.389. The third-order valence-corrected chi connectivity index (χ3v) is 6.82. The highest BCUT2D eigenvalue weighted by atomic mass is 35.5. The Hall–Kier alpha value is -2.72. The number of thiophene rings is 1. The number of hydrogen-bond donors (Lipinski definition) is 2. The lowest BCUT2D eigenvalue weighted by Crippen LogP contribution is -2.25. The van der Waals surface area contributed by atoms with Gasteiger partial charge in [0, 0.05) is 29.4 Å². The standard InChI is InChI=1S/C20H17ClN4O3S2/c21-15-6-7-19-24-16(13-25(19)12-15)10-22-20(26)14-3-1-5-18(9-14)30(27,28)23-11-17-4-2-8-29-17/h1-9,12-13,23H,10-11H2,(H,22,26). The number of benzene rings is 1. The molecule has 4 rings (SSSR count). The molecule has 30 heavy (non-hydrogen) atoms. The van der Waals surface area contributed by atoms with E-state index in [1.807, 2.05) is 17.5 Å². The largest absolute Gasteiger partial charge is 0.346 e. The minimum atomic E-state index is -3.73. The number of sulfonamides is 1. The molecule has 1 aromatic carbocycles. The maximum atomic E-state index is 12.5. The fourth-order valence-corrected chi connectivity index (χ4v) is 4.80. The summed E-state index contributed by atoms with van der Waals surface area (Å²) in [5, 5.41) is 5.23. The number of carbonyl (C=O) groups excluding carboxylic acids is 1. The number of pyridine rings is 1. The Labute approximate surface area is 182 Å². The van der Waals surface area contributed by atoms with Gasteiger partial charge < -0.3 is 9.72 Å². The highest BCUT2D eigenvalue weighted by Crippen LogP contribution is 2.15. The van der Waals surface area contributed by atoms with E-state index >= 15 is 0 Å². The summed E-state index contributed by atoms with van der Waals surface area (Å²) < 4.78 is 29.4. The minimum absolute atomic E-state index is 0.0362. The molecule has 0 radical (unpaired) electrons.